The van der Waals surface area contributed by atoms with Gasteiger partial charge >= 0.3 is 0 Å². The van der Waals surface area contributed by atoms with Crippen molar-refractivity contribution < 1.29 is 0 Å². The molecule has 28 heavy (non-hydrogen) atoms. The summed E-state index contributed by atoms with van der Waals surface area (Å²) < 4.78 is 2.25. The normalized spacial score (nSPS) is 14.5. The van der Waals surface area contributed by atoms with Crippen LogP contribution in [0.5, 0.6) is 0 Å². The lowest BCUT2D eigenvalue weighted by atomic mass is 10.1. The molecule has 0 amide bonds. The molecule has 4 nitrogen and oxygen atoms in total. The van der Waals surface area contributed by atoms with Gasteiger partial charge in [-0.1, -0.05) is 60.7 Å². The number of hydrogen-bond acceptors (Lipinski definition) is 4. The molecule has 0 unspecified atom stereocenters. The molecule has 2 aromatic heterocycles. The van der Waals surface area contributed by atoms with Gasteiger partial charge in [-0.2, -0.15) is 11.8 Å². The van der Waals surface area contributed by atoms with Crippen LogP contribution in [0.2, 0.25) is 0 Å². The Kier molecular flexibility index (Phi) is 4.53. The smallest absolute Gasteiger partial charge is 0.167 e. The molecule has 3 heterocycles. The Labute approximate surface area is 169 Å². The van der Waals surface area contributed by atoms with Gasteiger partial charge in [-0.3, -0.25) is 4.40 Å². The molecule has 2 aromatic carbocycles. The number of benzene rings is 2. The average Bonchev–Trinajstić information content (AvgIpc) is 3.14. The minimum absolute atomic E-state index is 0.929. The minimum atomic E-state index is 0.929. The summed E-state index contributed by atoms with van der Waals surface area (Å²) in [7, 11) is 0. The maximum Gasteiger partial charge on any atom is 0.167 e. The summed E-state index contributed by atoms with van der Waals surface area (Å²) in [6, 6.07) is 23.0. The highest BCUT2D eigenvalue weighted by molar-refractivity contribution is 7.99. The summed E-state index contributed by atoms with van der Waals surface area (Å²) in [5, 5.41) is 0. The van der Waals surface area contributed by atoms with E-state index >= 15 is 0 Å². The largest absolute Gasteiger partial charge is 0.356 e. The monoisotopic (exact) mass is 386 g/mol. The lowest BCUT2D eigenvalue weighted by molar-refractivity contribution is 0.823. The fourth-order valence-electron chi connectivity index (χ4n) is 3.78. The first-order chi connectivity index (χ1) is 13.8. The molecule has 0 radical (unpaired) electrons. The molecule has 1 aliphatic rings. The SMILES string of the molecule is Cc1cc(N2CCSCC2)n2c(-c3ccccc3)nc(-c3ccccc3)c2n1. The van der Waals surface area contributed by atoms with Gasteiger partial charge in [0.05, 0.1) is 0 Å². The van der Waals surface area contributed by atoms with E-state index in [1.807, 2.05) is 23.9 Å². The van der Waals surface area contributed by atoms with E-state index in [4.69, 9.17) is 9.97 Å². The van der Waals surface area contributed by atoms with E-state index in [0.717, 1.165) is 58.6 Å². The number of hydrogen-bond donors (Lipinski definition) is 0. The van der Waals surface area contributed by atoms with Crippen LogP contribution in [0.1, 0.15) is 5.69 Å². The quantitative estimate of drug-likeness (QED) is 0.500. The van der Waals surface area contributed by atoms with Crippen LogP contribution < -0.4 is 4.90 Å². The molecule has 1 saturated heterocycles. The standard InChI is InChI=1S/C23H22N4S/c1-17-16-20(26-12-14-28-15-13-26)27-22(19-10-6-3-7-11-19)25-21(23(27)24-17)18-8-4-2-5-9-18/h2-11,16H,12-15H2,1H3. The highest BCUT2D eigenvalue weighted by atomic mass is 32.2. The number of aromatic nitrogens is 3. The van der Waals surface area contributed by atoms with E-state index < -0.39 is 0 Å². The van der Waals surface area contributed by atoms with Crippen molar-refractivity contribution >= 4 is 23.2 Å². The lowest BCUT2D eigenvalue weighted by Gasteiger charge is -2.29. The fourth-order valence-corrected chi connectivity index (χ4v) is 4.68. The van der Waals surface area contributed by atoms with Crippen LogP contribution in [0.15, 0.2) is 66.7 Å². The summed E-state index contributed by atoms with van der Waals surface area (Å²) >= 11 is 2.02. The van der Waals surface area contributed by atoms with E-state index in [9.17, 15) is 0 Å². The van der Waals surface area contributed by atoms with Crippen LogP contribution in [0.4, 0.5) is 5.82 Å². The lowest BCUT2D eigenvalue weighted by Crippen LogP contribution is -2.34. The van der Waals surface area contributed by atoms with Crippen LogP contribution in [0.25, 0.3) is 28.3 Å². The van der Waals surface area contributed by atoms with E-state index in [-0.39, 0.29) is 0 Å². The predicted molar refractivity (Wildman–Crippen MR) is 118 cm³/mol. The molecule has 5 heteroatoms. The van der Waals surface area contributed by atoms with Crippen LogP contribution >= 0.6 is 11.8 Å². The molecule has 0 spiro atoms. The Morgan fingerprint density at radius 3 is 2.14 bits per heavy atom. The van der Waals surface area contributed by atoms with Gasteiger partial charge in [-0.25, -0.2) is 9.97 Å². The van der Waals surface area contributed by atoms with Crippen LogP contribution in [-0.2, 0) is 0 Å². The van der Waals surface area contributed by atoms with E-state index in [0.29, 0.717) is 0 Å². The zero-order valence-electron chi connectivity index (χ0n) is 15.9. The molecule has 1 fully saturated rings. The van der Waals surface area contributed by atoms with Crippen molar-refractivity contribution in [3.8, 4) is 22.6 Å². The van der Waals surface area contributed by atoms with E-state index in [1.165, 1.54) is 5.82 Å². The van der Waals surface area contributed by atoms with Gasteiger partial charge < -0.3 is 4.90 Å². The Morgan fingerprint density at radius 1 is 0.821 bits per heavy atom. The second-order valence-corrected chi connectivity index (χ2v) is 8.25. The van der Waals surface area contributed by atoms with Gasteiger partial charge in [0.1, 0.15) is 17.3 Å². The maximum atomic E-state index is 5.10. The van der Waals surface area contributed by atoms with Crippen molar-refractivity contribution in [1.82, 2.24) is 14.4 Å². The number of anilines is 1. The summed E-state index contributed by atoms with van der Waals surface area (Å²) in [6.07, 6.45) is 0. The van der Waals surface area contributed by atoms with Crippen molar-refractivity contribution in [2.75, 3.05) is 29.5 Å². The number of fused-ring (bicyclic) bond motifs is 1. The molecule has 0 aliphatic carbocycles. The average molecular weight is 387 g/mol. The highest BCUT2D eigenvalue weighted by Crippen LogP contribution is 2.33. The molecule has 4 aromatic rings. The second-order valence-electron chi connectivity index (χ2n) is 7.03. The van der Waals surface area contributed by atoms with Crippen molar-refractivity contribution in [1.29, 1.82) is 0 Å². The Bertz CT molecular complexity index is 1100. The molecule has 5 rings (SSSR count). The van der Waals surface area contributed by atoms with E-state index in [1.54, 1.807) is 0 Å². The summed E-state index contributed by atoms with van der Waals surface area (Å²) in [4.78, 5) is 12.5. The number of imidazole rings is 1. The molecule has 0 atom stereocenters. The molecule has 0 N–H and O–H groups in total. The zero-order chi connectivity index (χ0) is 18.9. The fraction of sp³-hybridized carbons (Fsp3) is 0.217. The first-order valence-electron chi connectivity index (χ1n) is 9.65. The van der Waals surface area contributed by atoms with Crippen molar-refractivity contribution in [2.45, 2.75) is 6.92 Å². The second kappa shape index (κ2) is 7.32. The van der Waals surface area contributed by atoms with Crippen LogP contribution in [0.3, 0.4) is 0 Å². The third kappa shape index (κ3) is 3.06. The molecule has 0 bridgehead atoms. The molecule has 1 aliphatic heterocycles. The third-order valence-electron chi connectivity index (χ3n) is 5.12. The van der Waals surface area contributed by atoms with Crippen molar-refractivity contribution in [3.05, 3.63) is 72.4 Å². The minimum Gasteiger partial charge on any atom is -0.356 e. The Hall–Kier alpha value is -2.79. The number of aryl methyl sites for hydroxylation is 1. The van der Waals surface area contributed by atoms with Gasteiger partial charge in [0.2, 0.25) is 0 Å². The number of nitrogens with zero attached hydrogens (tertiary/aromatic N) is 4. The predicted octanol–water partition coefficient (Wildman–Crippen LogP) is 4.92. The third-order valence-corrected chi connectivity index (χ3v) is 6.06. The molecule has 140 valence electrons. The van der Waals surface area contributed by atoms with E-state index in [2.05, 4.69) is 70.8 Å². The summed E-state index contributed by atoms with van der Waals surface area (Å²) in [5.74, 6) is 4.46. The topological polar surface area (TPSA) is 33.4 Å². The van der Waals surface area contributed by atoms with Crippen LogP contribution in [-0.4, -0.2) is 39.0 Å². The Balaban J connectivity index is 1.82. The van der Waals surface area contributed by atoms with Crippen LogP contribution in [0, 0.1) is 6.92 Å². The van der Waals surface area contributed by atoms with Gasteiger partial charge in [-0.15, -0.1) is 0 Å². The highest BCUT2D eigenvalue weighted by Gasteiger charge is 2.22. The summed E-state index contributed by atoms with van der Waals surface area (Å²) in [5.41, 5.74) is 5.10. The first kappa shape index (κ1) is 17.3. The van der Waals surface area contributed by atoms with Gasteiger partial charge in [-0.05, 0) is 6.92 Å². The molecular formula is C23H22N4S. The Morgan fingerprint density at radius 2 is 1.46 bits per heavy atom. The van der Waals surface area contributed by atoms with Gasteiger partial charge in [0.15, 0.2) is 5.65 Å². The molecule has 0 saturated carbocycles. The first-order valence-corrected chi connectivity index (χ1v) is 10.8. The number of rotatable bonds is 3. The molecular weight excluding hydrogens is 364 g/mol. The zero-order valence-corrected chi connectivity index (χ0v) is 16.7. The maximum absolute atomic E-state index is 5.10. The van der Waals surface area contributed by atoms with Crippen molar-refractivity contribution in [2.24, 2.45) is 0 Å². The summed E-state index contributed by atoms with van der Waals surface area (Å²) in [6.45, 7) is 4.18. The van der Waals surface area contributed by atoms with Gasteiger partial charge in [0.25, 0.3) is 0 Å². The number of thioether (sulfide) groups is 1. The van der Waals surface area contributed by atoms with Crippen molar-refractivity contribution in [3.63, 3.8) is 0 Å². The van der Waals surface area contributed by atoms with Gasteiger partial charge in [0, 0.05) is 47.5 Å².